The predicted octanol–water partition coefficient (Wildman–Crippen LogP) is -0.647. The number of hydrogen-bond donors (Lipinski definition) is 1. The third kappa shape index (κ3) is 2.35. The molecule has 0 aliphatic carbocycles. The number of likely N-dealkylation sites (tertiary alicyclic amines) is 1. The Morgan fingerprint density at radius 1 is 1.71 bits per heavy atom. The summed E-state index contributed by atoms with van der Waals surface area (Å²) in [5.74, 6) is -0.554. The van der Waals surface area contributed by atoms with Crippen molar-refractivity contribution in [3.8, 4) is 0 Å². The normalized spacial score (nSPS) is 27.0. The number of nitrogens with one attached hydrogen (secondary N) is 1. The van der Waals surface area contributed by atoms with Gasteiger partial charge in [-0.25, -0.2) is 0 Å². The van der Waals surface area contributed by atoms with Gasteiger partial charge in [-0.3, -0.25) is 9.59 Å². The molecule has 0 bridgehead atoms. The second kappa shape index (κ2) is 4.60. The Morgan fingerprint density at radius 3 is 2.86 bits per heavy atom. The molecular formula is C9H15BN2O2. The van der Waals surface area contributed by atoms with Crippen molar-refractivity contribution in [1.82, 2.24) is 10.2 Å². The van der Waals surface area contributed by atoms with E-state index in [1.807, 2.05) is 7.05 Å². The van der Waals surface area contributed by atoms with Crippen molar-refractivity contribution in [2.24, 2.45) is 0 Å². The van der Waals surface area contributed by atoms with E-state index < -0.39 is 5.82 Å². The standard InChI is InChI=1S/C9H15BN2O2/c1-6(13)5-12-7(4-11-2)3-8(10)9(12)14/h7-8,11H,3-5H2,1-2H3/t7-,8+/m1/s1. The van der Waals surface area contributed by atoms with E-state index in [0.717, 1.165) is 0 Å². The molecule has 2 radical (unpaired) electrons. The van der Waals surface area contributed by atoms with Crippen molar-refractivity contribution in [3.05, 3.63) is 0 Å². The molecule has 0 saturated carbocycles. The molecule has 14 heavy (non-hydrogen) atoms. The smallest absolute Gasteiger partial charge is 0.217 e. The fraction of sp³-hybridized carbons (Fsp3) is 0.778. The molecule has 1 N–H and O–H groups in total. The molecule has 1 heterocycles. The van der Waals surface area contributed by atoms with Gasteiger partial charge in [-0.2, -0.15) is 0 Å². The molecule has 1 amide bonds. The first-order valence-corrected chi connectivity index (χ1v) is 4.76. The van der Waals surface area contributed by atoms with Crippen LogP contribution in [0.3, 0.4) is 0 Å². The predicted molar refractivity (Wildman–Crippen MR) is 54.2 cm³/mol. The number of ketones is 1. The number of carbonyl (C=O) groups excluding carboxylic acids is 2. The van der Waals surface area contributed by atoms with Crippen LogP contribution in [0.1, 0.15) is 13.3 Å². The highest BCUT2D eigenvalue weighted by Crippen LogP contribution is 2.25. The number of amides is 1. The summed E-state index contributed by atoms with van der Waals surface area (Å²) >= 11 is 0. The highest BCUT2D eigenvalue weighted by molar-refractivity contribution is 6.24. The van der Waals surface area contributed by atoms with E-state index in [1.54, 1.807) is 4.90 Å². The second-order valence-electron chi connectivity index (χ2n) is 3.72. The molecule has 0 aromatic heterocycles. The van der Waals surface area contributed by atoms with Crippen molar-refractivity contribution < 1.29 is 9.59 Å². The fourth-order valence-electron chi connectivity index (χ4n) is 1.79. The Morgan fingerprint density at radius 2 is 2.36 bits per heavy atom. The van der Waals surface area contributed by atoms with Crippen molar-refractivity contribution in [2.75, 3.05) is 20.1 Å². The van der Waals surface area contributed by atoms with Gasteiger partial charge in [-0.15, -0.1) is 0 Å². The minimum atomic E-state index is -0.437. The van der Waals surface area contributed by atoms with E-state index in [1.165, 1.54) is 6.92 Å². The maximum atomic E-state index is 11.5. The Balaban J connectivity index is 2.65. The van der Waals surface area contributed by atoms with Gasteiger partial charge >= 0.3 is 0 Å². The molecule has 1 fully saturated rings. The monoisotopic (exact) mass is 194 g/mol. The summed E-state index contributed by atoms with van der Waals surface area (Å²) in [4.78, 5) is 24.1. The third-order valence-electron chi connectivity index (χ3n) is 2.40. The van der Waals surface area contributed by atoms with Gasteiger partial charge in [0.25, 0.3) is 0 Å². The van der Waals surface area contributed by atoms with Crippen LogP contribution in [-0.4, -0.2) is 50.6 Å². The molecular weight excluding hydrogens is 179 g/mol. The SMILES string of the molecule is [B][C@H]1C[C@H](CNC)N(CC(C)=O)C1=O. The third-order valence-corrected chi connectivity index (χ3v) is 2.40. The zero-order valence-electron chi connectivity index (χ0n) is 8.62. The zero-order valence-corrected chi connectivity index (χ0v) is 8.62. The number of nitrogens with zero attached hydrogens (tertiary/aromatic N) is 1. The Labute approximate surface area is 85.4 Å². The summed E-state index contributed by atoms with van der Waals surface area (Å²) < 4.78 is 0. The second-order valence-corrected chi connectivity index (χ2v) is 3.72. The van der Waals surface area contributed by atoms with Crippen LogP contribution in [0.4, 0.5) is 0 Å². The lowest BCUT2D eigenvalue weighted by Gasteiger charge is -2.23. The first kappa shape index (κ1) is 11.2. The lowest BCUT2D eigenvalue weighted by atomic mass is 9.85. The van der Waals surface area contributed by atoms with Crippen LogP contribution in [0.5, 0.6) is 0 Å². The molecule has 76 valence electrons. The number of rotatable bonds is 4. The van der Waals surface area contributed by atoms with Crippen LogP contribution in [-0.2, 0) is 9.59 Å². The van der Waals surface area contributed by atoms with Crippen molar-refractivity contribution >= 4 is 19.5 Å². The summed E-state index contributed by atoms with van der Waals surface area (Å²) in [7, 11) is 7.45. The number of carbonyl (C=O) groups is 2. The lowest BCUT2D eigenvalue weighted by molar-refractivity contribution is -0.132. The van der Waals surface area contributed by atoms with Crippen molar-refractivity contribution in [2.45, 2.75) is 25.2 Å². The average molecular weight is 194 g/mol. The van der Waals surface area contributed by atoms with Crippen LogP contribution >= 0.6 is 0 Å². The molecule has 0 aromatic carbocycles. The van der Waals surface area contributed by atoms with E-state index in [0.29, 0.717) is 13.0 Å². The highest BCUT2D eigenvalue weighted by atomic mass is 16.2. The Kier molecular flexibility index (Phi) is 3.69. The molecule has 1 rings (SSSR count). The van der Waals surface area contributed by atoms with Gasteiger partial charge in [0.2, 0.25) is 5.91 Å². The van der Waals surface area contributed by atoms with Gasteiger partial charge < -0.3 is 10.2 Å². The van der Waals surface area contributed by atoms with Crippen LogP contribution in [0, 0.1) is 0 Å². The van der Waals surface area contributed by atoms with E-state index in [4.69, 9.17) is 7.85 Å². The summed E-state index contributed by atoms with van der Waals surface area (Å²) in [5, 5.41) is 2.99. The zero-order chi connectivity index (χ0) is 10.7. The maximum absolute atomic E-state index is 11.5. The summed E-state index contributed by atoms with van der Waals surface area (Å²) in [6.07, 6.45) is 0.632. The minimum Gasteiger partial charge on any atom is -0.332 e. The fourth-order valence-corrected chi connectivity index (χ4v) is 1.79. The van der Waals surface area contributed by atoms with Crippen LogP contribution in [0.25, 0.3) is 0 Å². The van der Waals surface area contributed by atoms with Gasteiger partial charge in [0, 0.05) is 18.4 Å². The molecule has 0 spiro atoms. The van der Waals surface area contributed by atoms with E-state index in [2.05, 4.69) is 5.32 Å². The summed E-state index contributed by atoms with van der Waals surface area (Å²) in [6.45, 7) is 2.35. The summed E-state index contributed by atoms with van der Waals surface area (Å²) in [5.41, 5.74) is 0. The van der Waals surface area contributed by atoms with Gasteiger partial charge in [0.1, 0.15) is 5.78 Å². The topological polar surface area (TPSA) is 49.4 Å². The molecule has 4 nitrogen and oxygen atoms in total. The van der Waals surface area contributed by atoms with Gasteiger partial charge in [0.15, 0.2) is 0 Å². The number of likely N-dealkylation sites (N-methyl/N-ethyl adjacent to an activating group) is 1. The van der Waals surface area contributed by atoms with E-state index in [-0.39, 0.29) is 24.3 Å². The van der Waals surface area contributed by atoms with Crippen molar-refractivity contribution in [3.63, 3.8) is 0 Å². The Bertz CT molecular complexity index is 245. The molecule has 0 aromatic rings. The molecule has 1 saturated heterocycles. The molecule has 2 atom stereocenters. The average Bonchev–Trinajstić information content (AvgIpc) is 2.33. The Hall–Kier alpha value is -0.835. The quantitative estimate of drug-likeness (QED) is 0.605. The van der Waals surface area contributed by atoms with Crippen LogP contribution in [0.15, 0.2) is 0 Å². The van der Waals surface area contributed by atoms with E-state index >= 15 is 0 Å². The molecule has 1 aliphatic heterocycles. The maximum Gasteiger partial charge on any atom is 0.217 e. The lowest BCUT2D eigenvalue weighted by Crippen LogP contribution is -2.41. The first-order chi connectivity index (χ1) is 6.56. The minimum absolute atomic E-state index is 0.00597. The molecule has 5 heteroatoms. The number of Topliss-reactive ketones (excluding diaryl/α,β-unsaturated/α-hetero) is 1. The highest BCUT2D eigenvalue weighted by Gasteiger charge is 2.36. The largest absolute Gasteiger partial charge is 0.332 e. The number of hydrogen-bond acceptors (Lipinski definition) is 3. The van der Waals surface area contributed by atoms with Gasteiger partial charge in [-0.1, -0.05) is 0 Å². The van der Waals surface area contributed by atoms with Gasteiger partial charge in [-0.05, 0) is 20.4 Å². The van der Waals surface area contributed by atoms with Crippen LogP contribution < -0.4 is 5.32 Å². The van der Waals surface area contributed by atoms with E-state index in [9.17, 15) is 9.59 Å². The molecule has 0 unspecified atom stereocenters. The van der Waals surface area contributed by atoms with Crippen LogP contribution in [0.2, 0.25) is 5.82 Å². The first-order valence-electron chi connectivity index (χ1n) is 4.76. The molecule has 1 aliphatic rings. The van der Waals surface area contributed by atoms with Gasteiger partial charge in [0.05, 0.1) is 14.4 Å². The summed E-state index contributed by atoms with van der Waals surface area (Å²) in [6, 6.07) is 0.0615. The van der Waals surface area contributed by atoms with Crippen molar-refractivity contribution in [1.29, 1.82) is 0 Å².